The second-order valence-electron chi connectivity index (χ2n) is 5.09. The monoisotopic (exact) mass is 363 g/mol. The van der Waals surface area contributed by atoms with E-state index >= 15 is 0 Å². The summed E-state index contributed by atoms with van der Waals surface area (Å²) < 4.78 is 26.6. The van der Waals surface area contributed by atoms with E-state index in [4.69, 9.17) is 5.73 Å². The number of halogens is 1. The molecule has 0 bridgehead atoms. The molecule has 132 valence electrons. The average molecular weight is 364 g/mol. The standard InChI is InChI=1S/C15H25N3O3S.ClH/c1-5-18(6-2)22(20,21)13-9-11(3)12(4)14(10-13)17-15(19)7-8-16;/h9-10H,5-8,16H2,1-4H3,(H,17,19);1H. The zero-order chi connectivity index (χ0) is 16.9. The summed E-state index contributed by atoms with van der Waals surface area (Å²) in [6.45, 7) is 8.33. The lowest BCUT2D eigenvalue weighted by Gasteiger charge is -2.20. The zero-order valence-corrected chi connectivity index (χ0v) is 15.7. The van der Waals surface area contributed by atoms with Gasteiger partial charge in [-0.3, -0.25) is 4.79 Å². The van der Waals surface area contributed by atoms with E-state index in [9.17, 15) is 13.2 Å². The fourth-order valence-electron chi connectivity index (χ4n) is 2.16. The Morgan fingerprint density at radius 3 is 2.26 bits per heavy atom. The van der Waals surface area contributed by atoms with Gasteiger partial charge in [-0.05, 0) is 37.1 Å². The number of hydrogen-bond donors (Lipinski definition) is 2. The van der Waals surface area contributed by atoms with Gasteiger partial charge in [0.1, 0.15) is 0 Å². The molecule has 1 aromatic rings. The molecular formula is C15H26ClN3O3S. The highest BCUT2D eigenvalue weighted by Crippen LogP contribution is 2.26. The van der Waals surface area contributed by atoms with Crippen molar-refractivity contribution in [1.82, 2.24) is 4.31 Å². The van der Waals surface area contributed by atoms with Crippen molar-refractivity contribution in [3.63, 3.8) is 0 Å². The molecule has 0 aliphatic carbocycles. The van der Waals surface area contributed by atoms with Gasteiger partial charge in [-0.25, -0.2) is 8.42 Å². The van der Waals surface area contributed by atoms with E-state index in [-0.39, 0.29) is 36.2 Å². The van der Waals surface area contributed by atoms with Crippen LogP contribution in [0.3, 0.4) is 0 Å². The number of carbonyl (C=O) groups is 1. The van der Waals surface area contributed by atoms with Crippen LogP contribution in [0.5, 0.6) is 0 Å². The van der Waals surface area contributed by atoms with Crippen LogP contribution < -0.4 is 11.1 Å². The van der Waals surface area contributed by atoms with Crippen LogP contribution in [0.2, 0.25) is 0 Å². The first kappa shape index (κ1) is 21.9. The third-order valence-corrected chi connectivity index (χ3v) is 5.66. The molecule has 0 spiro atoms. The minimum Gasteiger partial charge on any atom is -0.330 e. The largest absolute Gasteiger partial charge is 0.330 e. The Balaban J connectivity index is 0.00000484. The molecule has 6 nitrogen and oxygen atoms in total. The molecule has 1 amide bonds. The Morgan fingerprint density at radius 2 is 1.78 bits per heavy atom. The number of anilines is 1. The van der Waals surface area contributed by atoms with Gasteiger partial charge in [-0.2, -0.15) is 4.31 Å². The lowest BCUT2D eigenvalue weighted by molar-refractivity contribution is -0.116. The summed E-state index contributed by atoms with van der Waals surface area (Å²) in [4.78, 5) is 11.9. The number of rotatable bonds is 7. The molecule has 1 rings (SSSR count). The second kappa shape index (κ2) is 9.22. The average Bonchev–Trinajstić information content (AvgIpc) is 2.44. The van der Waals surface area contributed by atoms with E-state index in [0.717, 1.165) is 11.1 Å². The second-order valence-corrected chi connectivity index (χ2v) is 7.03. The van der Waals surface area contributed by atoms with E-state index in [1.165, 1.54) is 10.4 Å². The van der Waals surface area contributed by atoms with Crippen molar-refractivity contribution in [1.29, 1.82) is 0 Å². The fourth-order valence-corrected chi connectivity index (χ4v) is 3.73. The number of carbonyl (C=O) groups excluding carboxylic acids is 1. The van der Waals surface area contributed by atoms with E-state index in [2.05, 4.69) is 5.32 Å². The van der Waals surface area contributed by atoms with Gasteiger partial charge in [-0.1, -0.05) is 13.8 Å². The summed E-state index contributed by atoms with van der Waals surface area (Å²) in [6, 6.07) is 3.16. The molecule has 0 heterocycles. The Kier molecular flexibility index (Phi) is 8.76. The Morgan fingerprint density at radius 1 is 1.22 bits per heavy atom. The van der Waals surface area contributed by atoms with E-state index in [0.29, 0.717) is 18.8 Å². The van der Waals surface area contributed by atoms with Gasteiger partial charge in [0.15, 0.2) is 0 Å². The first-order valence-corrected chi connectivity index (χ1v) is 8.83. The summed E-state index contributed by atoms with van der Waals surface area (Å²) in [5.41, 5.74) is 7.55. The number of benzene rings is 1. The number of nitrogens with zero attached hydrogens (tertiary/aromatic N) is 1. The predicted octanol–water partition coefficient (Wildman–Crippen LogP) is 2.04. The summed E-state index contributed by atoms with van der Waals surface area (Å²) in [7, 11) is -3.55. The summed E-state index contributed by atoms with van der Waals surface area (Å²) in [6.07, 6.45) is 0.200. The van der Waals surface area contributed by atoms with Gasteiger partial charge in [-0.15, -0.1) is 12.4 Å². The molecule has 1 aromatic carbocycles. The van der Waals surface area contributed by atoms with Gasteiger partial charge in [0.25, 0.3) is 0 Å². The van der Waals surface area contributed by atoms with Crippen LogP contribution in [-0.2, 0) is 14.8 Å². The number of sulfonamides is 1. The van der Waals surface area contributed by atoms with Crippen LogP contribution in [0.15, 0.2) is 17.0 Å². The Hall–Kier alpha value is -1.15. The van der Waals surface area contributed by atoms with Gasteiger partial charge in [0.2, 0.25) is 15.9 Å². The number of aryl methyl sites for hydroxylation is 1. The molecule has 23 heavy (non-hydrogen) atoms. The van der Waals surface area contributed by atoms with Crippen molar-refractivity contribution in [2.45, 2.75) is 39.0 Å². The molecule has 3 N–H and O–H groups in total. The van der Waals surface area contributed by atoms with Crippen molar-refractivity contribution in [2.24, 2.45) is 5.73 Å². The maximum Gasteiger partial charge on any atom is 0.243 e. The lowest BCUT2D eigenvalue weighted by atomic mass is 10.1. The van der Waals surface area contributed by atoms with Crippen molar-refractivity contribution >= 4 is 34.0 Å². The molecule has 0 aliphatic heterocycles. The van der Waals surface area contributed by atoms with Crippen molar-refractivity contribution < 1.29 is 13.2 Å². The van der Waals surface area contributed by atoms with Gasteiger partial charge >= 0.3 is 0 Å². The zero-order valence-electron chi connectivity index (χ0n) is 14.0. The van der Waals surface area contributed by atoms with E-state index in [1.54, 1.807) is 19.9 Å². The number of amides is 1. The highest BCUT2D eigenvalue weighted by Gasteiger charge is 2.23. The topological polar surface area (TPSA) is 92.5 Å². The van der Waals surface area contributed by atoms with Gasteiger partial charge in [0, 0.05) is 31.7 Å². The minimum atomic E-state index is -3.55. The van der Waals surface area contributed by atoms with Crippen molar-refractivity contribution in [3.05, 3.63) is 23.3 Å². The van der Waals surface area contributed by atoms with Crippen LogP contribution >= 0.6 is 12.4 Å². The molecule has 0 saturated heterocycles. The summed E-state index contributed by atoms with van der Waals surface area (Å²) in [5, 5.41) is 2.74. The molecule has 0 aromatic heterocycles. The number of nitrogens with one attached hydrogen (secondary N) is 1. The molecule has 0 saturated carbocycles. The molecule has 0 aliphatic rings. The van der Waals surface area contributed by atoms with Crippen LogP contribution in [0.4, 0.5) is 5.69 Å². The fraction of sp³-hybridized carbons (Fsp3) is 0.533. The van der Waals surface area contributed by atoms with Crippen LogP contribution in [0.25, 0.3) is 0 Å². The number of nitrogens with two attached hydrogens (primary N) is 1. The lowest BCUT2D eigenvalue weighted by Crippen LogP contribution is -2.30. The van der Waals surface area contributed by atoms with Crippen LogP contribution in [0.1, 0.15) is 31.4 Å². The smallest absolute Gasteiger partial charge is 0.243 e. The van der Waals surface area contributed by atoms with Crippen molar-refractivity contribution in [2.75, 3.05) is 25.0 Å². The first-order valence-electron chi connectivity index (χ1n) is 7.39. The minimum absolute atomic E-state index is 0. The third kappa shape index (κ3) is 5.17. The van der Waals surface area contributed by atoms with Crippen LogP contribution in [0, 0.1) is 13.8 Å². The van der Waals surface area contributed by atoms with Crippen molar-refractivity contribution in [3.8, 4) is 0 Å². The Labute approximate surface area is 144 Å². The quantitative estimate of drug-likeness (QED) is 0.775. The third-order valence-electron chi connectivity index (χ3n) is 3.63. The molecule has 0 fully saturated rings. The summed E-state index contributed by atoms with van der Waals surface area (Å²) in [5.74, 6) is -0.220. The van der Waals surface area contributed by atoms with E-state index in [1.807, 2.05) is 13.8 Å². The van der Waals surface area contributed by atoms with Gasteiger partial charge in [0.05, 0.1) is 4.90 Å². The Bertz CT molecular complexity index is 644. The SMILES string of the molecule is CCN(CC)S(=O)(=O)c1cc(C)c(C)c(NC(=O)CCN)c1.Cl. The molecule has 0 atom stereocenters. The molecule has 0 radical (unpaired) electrons. The highest BCUT2D eigenvalue weighted by atomic mass is 35.5. The molecule has 0 unspecified atom stereocenters. The highest BCUT2D eigenvalue weighted by molar-refractivity contribution is 7.89. The first-order chi connectivity index (χ1) is 10.3. The maximum atomic E-state index is 12.6. The number of hydrogen-bond acceptors (Lipinski definition) is 4. The predicted molar refractivity (Wildman–Crippen MR) is 95.6 cm³/mol. The molecule has 8 heteroatoms. The van der Waals surface area contributed by atoms with Crippen LogP contribution in [-0.4, -0.2) is 38.3 Å². The molecular weight excluding hydrogens is 338 g/mol. The van der Waals surface area contributed by atoms with Gasteiger partial charge < -0.3 is 11.1 Å². The normalized spacial score (nSPS) is 11.2. The maximum absolute atomic E-state index is 12.6. The summed E-state index contributed by atoms with van der Waals surface area (Å²) >= 11 is 0. The van der Waals surface area contributed by atoms with E-state index < -0.39 is 10.0 Å².